The van der Waals surface area contributed by atoms with E-state index in [0.29, 0.717) is 0 Å². The van der Waals surface area contributed by atoms with E-state index in [-0.39, 0.29) is 5.82 Å². The third-order valence-electron chi connectivity index (χ3n) is 4.00. The maximum atomic E-state index is 12.9. The first kappa shape index (κ1) is 14.7. The molecule has 114 valence electrons. The molecule has 0 fully saturated rings. The molecule has 0 aliphatic heterocycles. The number of halogens is 1. The first-order valence-electron chi connectivity index (χ1n) is 7.38. The Hall–Kier alpha value is -2.20. The first-order chi connectivity index (χ1) is 10.5. The molecule has 3 aromatic rings. The Morgan fingerprint density at radius 2 is 1.77 bits per heavy atom. The molecule has 3 rings (SSSR count). The van der Waals surface area contributed by atoms with E-state index < -0.39 is 0 Å². The normalized spacial score (nSPS) is 11.5. The zero-order valence-electron chi connectivity index (χ0n) is 13.2. The van der Waals surface area contributed by atoms with Crippen molar-refractivity contribution in [3.8, 4) is 0 Å². The van der Waals surface area contributed by atoms with E-state index >= 15 is 0 Å². The summed E-state index contributed by atoms with van der Waals surface area (Å²) in [6.45, 7) is 5.74. The fourth-order valence-corrected chi connectivity index (χ4v) is 2.64. The summed E-state index contributed by atoms with van der Waals surface area (Å²) in [5.74, 6) is -0.196. The molecule has 4 heteroatoms. The van der Waals surface area contributed by atoms with Crippen molar-refractivity contribution in [1.82, 2.24) is 14.5 Å². The molecule has 2 aromatic carbocycles. The Balaban J connectivity index is 1.77. The number of nitrogens with zero attached hydrogens (tertiary/aromatic N) is 3. The molecule has 0 N–H and O–H groups in total. The number of fused-ring (bicyclic) bond motifs is 1. The summed E-state index contributed by atoms with van der Waals surface area (Å²) < 4.78 is 15.1. The third-order valence-corrected chi connectivity index (χ3v) is 4.00. The third kappa shape index (κ3) is 3.02. The van der Waals surface area contributed by atoms with Crippen LogP contribution in [0.15, 0.2) is 42.7 Å². The summed E-state index contributed by atoms with van der Waals surface area (Å²) in [4.78, 5) is 6.66. The highest BCUT2D eigenvalue weighted by Crippen LogP contribution is 2.19. The van der Waals surface area contributed by atoms with Crippen LogP contribution in [-0.2, 0) is 13.2 Å². The molecule has 0 aliphatic rings. The minimum absolute atomic E-state index is 0.196. The molecule has 0 unspecified atom stereocenters. The van der Waals surface area contributed by atoms with Gasteiger partial charge in [0.2, 0.25) is 0 Å². The van der Waals surface area contributed by atoms with Crippen LogP contribution in [0.4, 0.5) is 4.39 Å². The van der Waals surface area contributed by atoms with Gasteiger partial charge in [-0.15, -0.1) is 0 Å². The van der Waals surface area contributed by atoms with Gasteiger partial charge in [0.25, 0.3) is 0 Å². The summed E-state index contributed by atoms with van der Waals surface area (Å²) in [6.07, 6.45) is 1.88. The minimum atomic E-state index is -0.196. The molecule has 0 spiro atoms. The molecule has 1 heterocycles. The molecule has 0 saturated carbocycles. The van der Waals surface area contributed by atoms with Crippen molar-refractivity contribution < 1.29 is 4.39 Å². The number of aryl methyl sites for hydroxylation is 2. The topological polar surface area (TPSA) is 21.1 Å². The largest absolute Gasteiger partial charge is 0.317 e. The zero-order valence-corrected chi connectivity index (χ0v) is 13.2. The summed E-state index contributed by atoms with van der Waals surface area (Å²) in [6, 6.07) is 11.0. The van der Waals surface area contributed by atoms with Gasteiger partial charge in [-0.1, -0.05) is 12.1 Å². The van der Waals surface area contributed by atoms with Crippen LogP contribution in [0.5, 0.6) is 0 Å². The van der Waals surface area contributed by atoms with Gasteiger partial charge >= 0.3 is 0 Å². The van der Waals surface area contributed by atoms with Gasteiger partial charge in [0.05, 0.1) is 24.0 Å². The van der Waals surface area contributed by atoms with E-state index in [1.165, 1.54) is 23.3 Å². The van der Waals surface area contributed by atoms with E-state index in [1.807, 2.05) is 18.5 Å². The molecule has 0 saturated heterocycles. The first-order valence-corrected chi connectivity index (χ1v) is 7.38. The van der Waals surface area contributed by atoms with E-state index in [4.69, 9.17) is 0 Å². The van der Waals surface area contributed by atoms with Gasteiger partial charge in [0.1, 0.15) is 5.82 Å². The van der Waals surface area contributed by atoms with Crippen molar-refractivity contribution in [3.05, 3.63) is 65.2 Å². The number of imidazole rings is 1. The van der Waals surface area contributed by atoms with Gasteiger partial charge in [-0.2, -0.15) is 0 Å². The average Bonchev–Trinajstić information content (AvgIpc) is 2.84. The minimum Gasteiger partial charge on any atom is -0.317 e. The predicted molar refractivity (Wildman–Crippen MR) is 87.1 cm³/mol. The van der Waals surface area contributed by atoms with Gasteiger partial charge in [-0.25, -0.2) is 9.37 Å². The fourth-order valence-electron chi connectivity index (χ4n) is 2.64. The van der Waals surface area contributed by atoms with E-state index in [9.17, 15) is 4.39 Å². The second-order valence-corrected chi connectivity index (χ2v) is 5.92. The van der Waals surface area contributed by atoms with Crippen LogP contribution < -0.4 is 0 Å². The monoisotopic (exact) mass is 297 g/mol. The molecule has 0 aliphatic carbocycles. The van der Waals surface area contributed by atoms with Gasteiger partial charge in [0.15, 0.2) is 0 Å². The molecule has 0 radical (unpaired) electrons. The standard InChI is InChI=1S/C18H20FN3/c1-13-8-17-18(9-14(13)2)22(11-20-17)12-21(3)10-15-4-6-16(19)7-5-15/h4-9,11H,10,12H2,1-3H3. The molecular weight excluding hydrogens is 277 g/mol. The number of rotatable bonds is 4. The summed E-state index contributed by atoms with van der Waals surface area (Å²) >= 11 is 0. The molecule has 22 heavy (non-hydrogen) atoms. The number of hydrogen-bond donors (Lipinski definition) is 0. The highest BCUT2D eigenvalue weighted by atomic mass is 19.1. The lowest BCUT2D eigenvalue weighted by atomic mass is 10.1. The molecular formula is C18H20FN3. The van der Waals surface area contributed by atoms with Crippen LogP contribution in [0, 0.1) is 19.7 Å². The van der Waals surface area contributed by atoms with Gasteiger partial charge < -0.3 is 4.57 Å². The van der Waals surface area contributed by atoms with Gasteiger partial charge in [-0.3, -0.25) is 4.90 Å². The Labute approximate surface area is 130 Å². The van der Waals surface area contributed by atoms with Gasteiger partial charge in [-0.05, 0) is 61.9 Å². The van der Waals surface area contributed by atoms with Crippen molar-refractivity contribution >= 4 is 11.0 Å². The maximum absolute atomic E-state index is 12.9. The van der Waals surface area contributed by atoms with Crippen LogP contribution in [-0.4, -0.2) is 21.5 Å². The van der Waals surface area contributed by atoms with E-state index in [0.717, 1.165) is 29.8 Å². The summed E-state index contributed by atoms with van der Waals surface area (Å²) in [7, 11) is 2.05. The number of hydrogen-bond acceptors (Lipinski definition) is 2. The van der Waals surface area contributed by atoms with Crippen LogP contribution in [0.1, 0.15) is 16.7 Å². The highest BCUT2D eigenvalue weighted by Gasteiger charge is 2.07. The summed E-state index contributed by atoms with van der Waals surface area (Å²) in [5.41, 5.74) is 5.81. The average molecular weight is 297 g/mol. The van der Waals surface area contributed by atoms with E-state index in [1.54, 1.807) is 0 Å². The van der Waals surface area contributed by atoms with Crippen LogP contribution in [0.25, 0.3) is 11.0 Å². The van der Waals surface area contributed by atoms with Crippen molar-refractivity contribution in [1.29, 1.82) is 0 Å². The molecule has 3 nitrogen and oxygen atoms in total. The lowest BCUT2D eigenvalue weighted by molar-refractivity contribution is 0.264. The Bertz CT molecular complexity index is 790. The quantitative estimate of drug-likeness (QED) is 0.728. The molecule has 1 aromatic heterocycles. The van der Waals surface area contributed by atoms with Crippen molar-refractivity contribution in [2.45, 2.75) is 27.1 Å². The Kier molecular flexibility index (Phi) is 3.94. The molecule has 0 amide bonds. The molecule has 0 atom stereocenters. The zero-order chi connectivity index (χ0) is 15.7. The number of aromatic nitrogens is 2. The van der Waals surface area contributed by atoms with Crippen LogP contribution >= 0.6 is 0 Å². The lowest BCUT2D eigenvalue weighted by Crippen LogP contribution is -2.21. The van der Waals surface area contributed by atoms with Crippen molar-refractivity contribution in [3.63, 3.8) is 0 Å². The fraction of sp³-hybridized carbons (Fsp3) is 0.278. The smallest absolute Gasteiger partial charge is 0.123 e. The van der Waals surface area contributed by atoms with Crippen molar-refractivity contribution in [2.24, 2.45) is 0 Å². The second kappa shape index (κ2) is 5.89. The number of benzene rings is 2. The SMILES string of the molecule is Cc1cc2ncn(CN(C)Cc3ccc(F)cc3)c2cc1C. The second-order valence-electron chi connectivity index (χ2n) is 5.92. The highest BCUT2D eigenvalue weighted by molar-refractivity contribution is 5.77. The predicted octanol–water partition coefficient (Wildman–Crippen LogP) is 3.88. The summed E-state index contributed by atoms with van der Waals surface area (Å²) in [5, 5.41) is 0. The van der Waals surface area contributed by atoms with Crippen molar-refractivity contribution in [2.75, 3.05) is 7.05 Å². The van der Waals surface area contributed by atoms with E-state index in [2.05, 4.69) is 47.5 Å². The Morgan fingerprint density at radius 1 is 1.09 bits per heavy atom. The van der Waals surface area contributed by atoms with Crippen LogP contribution in [0.2, 0.25) is 0 Å². The lowest BCUT2D eigenvalue weighted by Gasteiger charge is -2.18. The Morgan fingerprint density at radius 3 is 2.50 bits per heavy atom. The van der Waals surface area contributed by atoms with Gasteiger partial charge in [0, 0.05) is 6.54 Å². The van der Waals surface area contributed by atoms with Crippen LogP contribution in [0.3, 0.4) is 0 Å². The maximum Gasteiger partial charge on any atom is 0.123 e. The molecule has 0 bridgehead atoms.